The Kier molecular flexibility index (Phi) is 4.83. The second kappa shape index (κ2) is 6.40. The molecule has 2 rings (SSSR count). The van der Waals surface area contributed by atoms with Gasteiger partial charge in [0.25, 0.3) is 0 Å². The lowest BCUT2D eigenvalue weighted by Crippen LogP contribution is -1.99. The summed E-state index contributed by atoms with van der Waals surface area (Å²) in [6.45, 7) is 2.27. The molecule has 0 radical (unpaired) electrons. The van der Waals surface area contributed by atoms with Crippen LogP contribution >= 0.6 is 27.5 Å². The van der Waals surface area contributed by atoms with Gasteiger partial charge < -0.3 is 4.74 Å². The normalized spacial score (nSPS) is 10.5. The third-order valence-corrected chi connectivity index (χ3v) is 3.93. The second-order valence-electron chi connectivity index (χ2n) is 4.25. The van der Waals surface area contributed by atoms with Crippen LogP contribution in [0.5, 0.6) is 5.75 Å². The molecule has 1 nitrogen and oxygen atoms in total. The maximum absolute atomic E-state index is 13.2. The minimum Gasteiger partial charge on any atom is -0.489 e. The zero-order chi connectivity index (χ0) is 13.8. The zero-order valence-electron chi connectivity index (χ0n) is 10.4. The molecule has 0 aliphatic carbocycles. The quantitative estimate of drug-likeness (QED) is 0.692. The summed E-state index contributed by atoms with van der Waals surface area (Å²) in [6, 6.07) is 10.3. The molecular formula is C15H13BrClFO. The van der Waals surface area contributed by atoms with Crippen LogP contribution in [0.2, 0.25) is 0 Å². The monoisotopic (exact) mass is 342 g/mol. The van der Waals surface area contributed by atoms with Gasteiger partial charge in [-0.25, -0.2) is 4.39 Å². The fraction of sp³-hybridized carbons (Fsp3) is 0.200. The maximum atomic E-state index is 13.2. The first-order chi connectivity index (χ1) is 9.10. The molecule has 0 saturated carbocycles. The summed E-state index contributed by atoms with van der Waals surface area (Å²) < 4.78 is 19.8. The second-order valence-corrected chi connectivity index (χ2v) is 5.37. The van der Waals surface area contributed by atoms with Crippen molar-refractivity contribution < 1.29 is 9.13 Å². The summed E-state index contributed by atoms with van der Waals surface area (Å²) in [7, 11) is 0. The standard InChI is InChI=1S/C15H13BrClFO/c1-10-2-3-13(18)6-12(10)9-19-14-4-5-15(16)11(7-14)8-17/h2-7H,8-9H2,1H3. The zero-order valence-corrected chi connectivity index (χ0v) is 12.8. The highest BCUT2D eigenvalue weighted by atomic mass is 79.9. The first-order valence-corrected chi connectivity index (χ1v) is 7.15. The van der Waals surface area contributed by atoms with Crippen LogP contribution in [-0.2, 0) is 12.5 Å². The average Bonchev–Trinajstić information content (AvgIpc) is 2.41. The van der Waals surface area contributed by atoms with Gasteiger partial charge in [-0.3, -0.25) is 0 Å². The molecule has 0 unspecified atom stereocenters. The van der Waals surface area contributed by atoms with Crippen molar-refractivity contribution in [2.45, 2.75) is 19.4 Å². The van der Waals surface area contributed by atoms with Gasteiger partial charge >= 0.3 is 0 Å². The van der Waals surface area contributed by atoms with Crippen LogP contribution in [0, 0.1) is 12.7 Å². The number of ether oxygens (including phenoxy) is 1. The van der Waals surface area contributed by atoms with Gasteiger partial charge in [0.2, 0.25) is 0 Å². The summed E-state index contributed by atoms with van der Waals surface area (Å²) >= 11 is 9.25. The van der Waals surface area contributed by atoms with E-state index in [2.05, 4.69) is 15.9 Å². The average molecular weight is 344 g/mol. The van der Waals surface area contributed by atoms with Crippen molar-refractivity contribution in [3.8, 4) is 5.75 Å². The van der Waals surface area contributed by atoms with Crippen molar-refractivity contribution in [3.05, 3.63) is 63.4 Å². The molecule has 0 fully saturated rings. The molecule has 0 saturated heterocycles. The first-order valence-electron chi connectivity index (χ1n) is 5.82. The SMILES string of the molecule is Cc1ccc(F)cc1COc1ccc(Br)c(CCl)c1. The van der Waals surface area contributed by atoms with Crippen LogP contribution in [0.15, 0.2) is 40.9 Å². The highest BCUT2D eigenvalue weighted by molar-refractivity contribution is 9.10. The maximum Gasteiger partial charge on any atom is 0.123 e. The number of rotatable bonds is 4. The Hall–Kier alpha value is -1.06. The number of aryl methyl sites for hydroxylation is 1. The Morgan fingerprint density at radius 3 is 2.68 bits per heavy atom. The van der Waals surface area contributed by atoms with E-state index in [-0.39, 0.29) is 5.82 Å². The Bertz CT molecular complexity index is 586. The van der Waals surface area contributed by atoms with Gasteiger partial charge in [0.05, 0.1) is 0 Å². The van der Waals surface area contributed by atoms with Gasteiger partial charge in [0.1, 0.15) is 18.2 Å². The Morgan fingerprint density at radius 2 is 1.95 bits per heavy atom. The molecule has 100 valence electrons. The lowest BCUT2D eigenvalue weighted by Gasteiger charge is -2.10. The molecule has 0 bridgehead atoms. The Labute approximate surface area is 125 Å². The number of hydrogen-bond acceptors (Lipinski definition) is 1. The Morgan fingerprint density at radius 1 is 1.16 bits per heavy atom. The van der Waals surface area contributed by atoms with E-state index in [4.69, 9.17) is 16.3 Å². The third kappa shape index (κ3) is 3.71. The van der Waals surface area contributed by atoms with Crippen LogP contribution in [0.4, 0.5) is 4.39 Å². The molecule has 2 aromatic carbocycles. The lowest BCUT2D eigenvalue weighted by molar-refractivity contribution is 0.304. The highest BCUT2D eigenvalue weighted by Crippen LogP contribution is 2.25. The van der Waals surface area contributed by atoms with Crippen LogP contribution in [0.1, 0.15) is 16.7 Å². The Balaban J connectivity index is 2.12. The van der Waals surface area contributed by atoms with E-state index in [1.165, 1.54) is 12.1 Å². The van der Waals surface area contributed by atoms with E-state index in [0.717, 1.165) is 26.9 Å². The van der Waals surface area contributed by atoms with E-state index in [1.54, 1.807) is 6.07 Å². The first kappa shape index (κ1) is 14.4. The molecule has 4 heteroatoms. The van der Waals surface area contributed by atoms with Crippen molar-refractivity contribution in [1.82, 2.24) is 0 Å². The number of hydrogen-bond donors (Lipinski definition) is 0. The predicted molar refractivity (Wildman–Crippen MR) is 79.2 cm³/mol. The fourth-order valence-electron chi connectivity index (χ4n) is 1.70. The molecule has 0 amide bonds. The van der Waals surface area contributed by atoms with Gasteiger partial charge in [-0.15, -0.1) is 11.6 Å². The molecule has 0 atom stereocenters. The lowest BCUT2D eigenvalue weighted by atomic mass is 10.1. The minimum absolute atomic E-state index is 0.249. The van der Waals surface area contributed by atoms with Crippen LogP contribution in [0.3, 0.4) is 0 Å². The van der Waals surface area contributed by atoms with E-state index < -0.39 is 0 Å². The summed E-state index contributed by atoms with van der Waals surface area (Å²) in [5.41, 5.74) is 2.82. The largest absolute Gasteiger partial charge is 0.489 e. The van der Waals surface area contributed by atoms with Gasteiger partial charge in [0, 0.05) is 10.4 Å². The van der Waals surface area contributed by atoms with Crippen molar-refractivity contribution in [1.29, 1.82) is 0 Å². The van der Waals surface area contributed by atoms with Crippen LogP contribution in [-0.4, -0.2) is 0 Å². The highest BCUT2D eigenvalue weighted by Gasteiger charge is 2.04. The molecule has 0 aliphatic rings. The van der Waals surface area contributed by atoms with Gasteiger partial charge in [-0.1, -0.05) is 22.0 Å². The van der Waals surface area contributed by atoms with Crippen molar-refractivity contribution in [3.63, 3.8) is 0 Å². The van der Waals surface area contributed by atoms with Crippen molar-refractivity contribution >= 4 is 27.5 Å². The summed E-state index contributed by atoms with van der Waals surface area (Å²) in [6.07, 6.45) is 0. The molecule has 0 N–H and O–H groups in total. The smallest absolute Gasteiger partial charge is 0.123 e. The molecule has 0 heterocycles. The van der Waals surface area contributed by atoms with E-state index in [0.29, 0.717) is 12.5 Å². The molecule has 0 spiro atoms. The van der Waals surface area contributed by atoms with Crippen LogP contribution in [0.25, 0.3) is 0 Å². The molecule has 0 aromatic heterocycles. The number of alkyl halides is 1. The molecule has 19 heavy (non-hydrogen) atoms. The third-order valence-electron chi connectivity index (χ3n) is 2.87. The molecule has 0 aliphatic heterocycles. The van der Waals surface area contributed by atoms with E-state index in [9.17, 15) is 4.39 Å². The van der Waals surface area contributed by atoms with Crippen molar-refractivity contribution in [2.75, 3.05) is 0 Å². The van der Waals surface area contributed by atoms with Gasteiger partial charge in [-0.05, 0) is 53.9 Å². The van der Waals surface area contributed by atoms with E-state index in [1.807, 2.05) is 25.1 Å². The van der Waals surface area contributed by atoms with Gasteiger partial charge in [-0.2, -0.15) is 0 Å². The van der Waals surface area contributed by atoms with Crippen molar-refractivity contribution in [2.24, 2.45) is 0 Å². The molecular weight excluding hydrogens is 331 g/mol. The number of benzene rings is 2. The summed E-state index contributed by atoms with van der Waals surface area (Å²) in [5, 5.41) is 0. The fourth-order valence-corrected chi connectivity index (χ4v) is 2.47. The molecule has 2 aromatic rings. The minimum atomic E-state index is -0.249. The van der Waals surface area contributed by atoms with Crippen LogP contribution < -0.4 is 4.74 Å². The predicted octanol–water partition coefficient (Wildman–Crippen LogP) is 5.21. The summed E-state index contributed by atoms with van der Waals surface area (Å²) in [4.78, 5) is 0. The topological polar surface area (TPSA) is 9.23 Å². The summed E-state index contributed by atoms with van der Waals surface area (Å²) in [5.74, 6) is 0.889. The van der Waals surface area contributed by atoms with Gasteiger partial charge in [0.15, 0.2) is 0 Å². The number of halogens is 3. The van der Waals surface area contributed by atoms with E-state index >= 15 is 0 Å².